The van der Waals surface area contributed by atoms with Gasteiger partial charge in [0.1, 0.15) is 0 Å². The Morgan fingerprint density at radius 1 is 1.32 bits per heavy atom. The second-order valence-electron chi connectivity index (χ2n) is 9.38. The predicted molar refractivity (Wildman–Crippen MR) is 126 cm³/mol. The molecule has 6 heteroatoms. The zero-order chi connectivity index (χ0) is 21.8. The maximum atomic E-state index is 12.5. The molecular formula is C25H32ClN3O2. The highest BCUT2D eigenvalue weighted by molar-refractivity contribution is 6.33. The highest BCUT2D eigenvalue weighted by atomic mass is 35.5. The minimum atomic E-state index is -0.0428. The molecule has 2 saturated heterocycles. The molecule has 1 aromatic carbocycles. The van der Waals surface area contributed by atoms with Gasteiger partial charge in [-0.2, -0.15) is 0 Å². The number of hydrogen-bond donors (Lipinski definition) is 2. The molecule has 2 N–H and O–H groups in total. The first-order valence-corrected chi connectivity index (χ1v) is 11.7. The summed E-state index contributed by atoms with van der Waals surface area (Å²) in [7, 11) is 0. The minimum Gasteiger partial charge on any atom is -0.385 e. The Kier molecular flexibility index (Phi) is 6.95. The maximum Gasteiger partial charge on any atom is 0.155 e. The van der Waals surface area contributed by atoms with Crippen LogP contribution in [0.5, 0.6) is 0 Å². The number of ether oxygens (including phenoxy) is 1. The lowest BCUT2D eigenvalue weighted by Crippen LogP contribution is -2.36. The molecule has 2 fully saturated rings. The molecule has 4 rings (SSSR count). The molecule has 2 aromatic rings. The van der Waals surface area contributed by atoms with Crippen molar-refractivity contribution >= 4 is 23.1 Å². The van der Waals surface area contributed by atoms with Gasteiger partial charge in [0.2, 0.25) is 0 Å². The SMILES string of the molecule is CC1(C)C[C@@H](CNc2cccc(-c3cc(CC(=O)[C@@H]4CCCN4)ncc3Cl)c2)CCO1. The van der Waals surface area contributed by atoms with Crippen molar-refractivity contribution in [3.05, 3.63) is 47.2 Å². The number of aromatic nitrogens is 1. The highest BCUT2D eigenvalue weighted by Gasteiger charge is 2.28. The molecule has 2 aliphatic heterocycles. The van der Waals surface area contributed by atoms with Crippen molar-refractivity contribution in [2.75, 3.05) is 25.0 Å². The summed E-state index contributed by atoms with van der Waals surface area (Å²) in [6, 6.07) is 10.2. The van der Waals surface area contributed by atoms with Crippen LogP contribution in [0.1, 0.15) is 45.2 Å². The summed E-state index contributed by atoms with van der Waals surface area (Å²) in [5, 5.41) is 7.45. The predicted octanol–water partition coefficient (Wildman–Crippen LogP) is 4.88. The van der Waals surface area contributed by atoms with Crippen LogP contribution in [0.4, 0.5) is 5.69 Å². The Hall–Kier alpha value is -1.95. The average molecular weight is 442 g/mol. The topological polar surface area (TPSA) is 63.2 Å². The Morgan fingerprint density at radius 3 is 2.97 bits per heavy atom. The fraction of sp³-hybridized carbons (Fsp3) is 0.520. The first kappa shape index (κ1) is 22.3. The molecule has 166 valence electrons. The van der Waals surface area contributed by atoms with E-state index in [1.54, 1.807) is 6.20 Å². The van der Waals surface area contributed by atoms with Gasteiger partial charge in [-0.05, 0) is 75.8 Å². The summed E-state index contributed by atoms with van der Waals surface area (Å²) in [4.78, 5) is 16.9. The van der Waals surface area contributed by atoms with Crippen molar-refractivity contribution in [3.8, 4) is 11.1 Å². The van der Waals surface area contributed by atoms with Crippen LogP contribution < -0.4 is 10.6 Å². The van der Waals surface area contributed by atoms with Crippen LogP contribution >= 0.6 is 11.6 Å². The van der Waals surface area contributed by atoms with Gasteiger partial charge < -0.3 is 15.4 Å². The maximum absolute atomic E-state index is 12.5. The van der Waals surface area contributed by atoms with E-state index in [1.807, 2.05) is 18.2 Å². The summed E-state index contributed by atoms with van der Waals surface area (Å²) in [5.74, 6) is 0.798. The molecule has 3 heterocycles. The second-order valence-corrected chi connectivity index (χ2v) is 9.78. The second kappa shape index (κ2) is 9.68. The van der Waals surface area contributed by atoms with Crippen LogP contribution in [0.2, 0.25) is 5.02 Å². The number of benzene rings is 1. The average Bonchev–Trinajstić information content (AvgIpc) is 3.28. The number of rotatable bonds is 7. The summed E-state index contributed by atoms with van der Waals surface area (Å²) in [6.07, 6.45) is 6.10. The van der Waals surface area contributed by atoms with E-state index in [-0.39, 0.29) is 17.4 Å². The zero-order valence-corrected chi connectivity index (χ0v) is 19.2. The fourth-order valence-corrected chi connectivity index (χ4v) is 4.86. The van der Waals surface area contributed by atoms with Crippen LogP contribution in [-0.4, -0.2) is 42.1 Å². The molecule has 1 aromatic heterocycles. The monoisotopic (exact) mass is 441 g/mol. The fourth-order valence-electron chi connectivity index (χ4n) is 4.65. The first-order valence-electron chi connectivity index (χ1n) is 11.3. The van der Waals surface area contributed by atoms with Gasteiger partial charge in [-0.3, -0.25) is 9.78 Å². The number of carbonyl (C=O) groups is 1. The largest absolute Gasteiger partial charge is 0.385 e. The lowest BCUT2D eigenvalue weighted by molar-refractivity contribution is -0.120. The van der Waals surface area contributed by atoms with Crippen molar-refractivity contribution in [1.29, 1.82) is 0 Å². The van der Waals surface area contributed by atoms with Crippen molar-refractivity contribution in [1.82, 2.24) is 10.3 Å². The highest BCUT2D eigenvalue weighted by Crippen LogP contribution is 2.31. The van der Waals surface area contributed by atoms with Gasteiger partial charge >= 0.3 is 0 Å². The van der Waals surface area contributed by atoms with E-state index in [1.165, 1.54) is 0 Å². The van der Waals surface area contributed by atoms with Gasteiger partial charge in [0, 0.05) is 36.3 Å². The number of ketones is 1. The van der Waals surface area contributed by atoms with Crippen molar-refractivity contribution < 1.29 is 9.53 Å². The third kappa shape index (κ3) is 5.85. The Bertz CT molecular complexity index is 925. The molecule has 0 unspecified atom stereocenters. The molecule has 0 bridgehead atoms. The molecule has 0 aliphatic carbocycles. The number of Topliss-reactive ketones (excluding diaryl/α,β-unsaturated/α-hetero) is 1. The molecule has 2 aliphatic rings. The third-order valence-corrected chi connectivity index (χ3v) is 6.59. The summed E-state index contributed by atoms with van der Waals surface area (Å²) >= 11 is 6.48. The van der Waals surface area contributed by atoms with Gasteiger partial charge in [-0.25, -0.2) is 0 Å². The van der Waals surface area contributed by atoms with Crippen LogP contribution in [0.25, 0.3) is 11.1 Å². The molecule has 0 radical (unpaired) electrons. The lowest BCUT2D eigenvalue weighted by Gasteiger charge is -2.35. The number of anilines is 1. The third-order valence-electron chi connectivity index (χ3n) is 6.28. The number of nitrogens with one attached hydrogen (secondary N) is 2. The molecule has 31 heavy (non-hydrogen) atoms. The number of nitrogens with zero attached hydrogens (tertiary/aromatic N) is 1. The summed E-state index contributed by atoms with van der Waals surface area (Å²) in [6.45, 7) is 6.99. The van der Waals surface area contributed by atoms with Crippen molar-refractivity contribution in [2.24, 2.45) is 5.92 Å². The summed E-state index contributed by atoms with van der Waals surface area (Å²) < 4.78 is 5.83. The van der Waals surface area contributed by atoms with E-state index >= 15 is 0 Å². The Balaban J connectivity index is 1.44. The standard InChI is InChI=1S/C25H32ClN3O2/c1-25(2)14-17(8-10-31-25)15-28-19-6-3-5-18(11-19)21-12-20(29-16-22(21)26)13-24(30)23-7-4-9-27-23/h3,5-6,11-12,16-17,23,27-28H,4,7-10,13-15H2,1-2H3/t17-,23-/m0/s1. The zero-order valence-electron chi connectivity index (χ0n) is 18.4. The Morgan fingerprint density at radius 2 is 2.19 bits per heavy atom. The minimum absolute atomic E-state index is 0.0383. The van der Waals surface area contributed by atoms with Crippen LogP contribution in [0, 0.1) is 5.92 Å². The number of halogens is 1. The quantitative estimate of drug-likeness (QED) is 0.640. The number of hydrogen-bond acceptors (Lipinski definition) is 5. The van der Waals surface area contributed by atoms with Crippen molar-refractivity contribution in [3.63, 3.8) is 0 Å². The van der Waals surface area contributed by atoms with Gasteiger partial charge in [0.25, 0.3) is 0 Å². The van der Waals surface area contributed by atoms with Gasteiger partial charge in [0.05, 0.1) is 23.1 Å². The van der Waals surface area contributed by atoms with E-state index in [0.29, 0.717) is 17.4 Å². The molecular weight excluding hydrogens is 410 g/mol. The molecule has 2 atom stereocenters. The van der Waals surface area contributed by atoms with Crippen LogP contribution in [0.3, 0.4) is 0 Å². The van der Waals surface area contributed by atoms with Gasteiger partial charge in [0.15, 0.2) is 5.78 Å². The van der Waals surface area contributed by atoms with E-state index in [9.17, 15) is 4.79 Å². The van der Waals surface area contributed by atoms with E-state index in [2.05, 4.69) is 41.6 Å². The molecule has 5 nitrogen and oxygen atoms in total. The van der Waals surface area contributed by atoms with Gasteiger partial charge in [-0.15, -0.1) is 0 Å². The van der Waals surface area contributed by atoms with Gasteiger partial charge in [-0.1, -0.05) is 23.7 Å². The summed E-state index contributed by atoms with van der Waals surface area (Å²) in [5.41, 5.74) is 3.73. The number of carbonyl (C=O) groups excluding carboxylic acids is 1. The lowest BCUT2D eigenvalue weighted by atomic mass is 9.88. The van der Waals surface area contributed by atoms with E-state index in [0.717, 1.165) is 67.9 Å². The van der Waals surface area contributed by atoms with Crippen LogP contribution in [0.15, 0.2) is 36.5 Å². The first-order chi connectivity index (χ1) is 14.9. The molecule has 0 saturated carbocycles. The van der Waals surface area contributed by atoms with E-state index in [4.69, 9.17) is 16.3 Å². The van der Waals surface area contributed by atoms with E-state index < -0.39 is 0 Å². The smallest absolute Gasteiger partial charge is 0.155 e. The van der Waals surface area contributed by atoms with Crippen LogP contribution in [-0.2, 0) is 16.0 Å². The molecule has 0 amide bonds. The number of pyridine rings is 1. The van der Waals surface area contributed by atoms with Crippen molar-refractivity contribution in [2.45, 2.75) is 57.6 Å². The normalized spacial score (nSPS) is 22.9. The Labute approximate surface area is 189 Å². The molecule has 0 spiro atoms.